The third kappa shape index (κ3) is 10.7. The fourth-order valence-electron chi connectivity index (χ4n) is 10.7. The molecule has 0 saturated heterocycles. The van der Waals surface area contributed by atoms with Gasteiger partial charge in [-0.2, -0.15) is 0 Å². The zero-order valence-electron chi connectivity index (χ0n) is 30.3. The predicted octanol–water partition coefficient (Wildman–Crippen LogP) is 4.91. The summed E-state index contributed by atoms with van der Waals surface area (Å²) in [4.78, 5) is 63.3. The molecule has 0 aromatic heterocycles. The van der Waals surface area contributed by atoms with E-state index in [0.717, 1.165) is 48.9 Å². The Balaban J connectivity index is 1.37. The minimum Gasteiger partial charge on any atom is -0.356 e. The molecule has 4 aliphatic rings. The van der Waals surface area contributed by atoms with Crippen molar-refractivity contribution >= 4 is 17.9 Å². The number of carbonyl (C=O) groups is 1. The number of carbonyl (C=O) groups excluding carboxylic acids is 1. The summed E-state index contributed by atoms with van der Waals surface area (Å²) in [6, 6.07) is 0. The van der Waals surface area contributed by atoms with Crippen LogP contribution in [0.4, 0.5) is 0 Å². The first kappa shape index (κ1) is 41.0. The highest BCUT2D eigenvalue weighted by Gasteiger charge is 2.63. The van der Waals surface area contributed by atoms with Crippen molar-refractivity contribution in [2.75, 3.05) is 39.5 Å². The van der Waals surface area contributed by atoms with Gasteiger partial charge in [-0.25, -0.2) is 5.26 Å². The summed E-state index contributed by atoms with van der Waals surface area (Å²) >= 11 is 1.04. The van der Waals surface area contributed by atoms with Gasteiger partial charge in [0.1, 0.15) is 18.3 Å². The fraction of sp³-hybridized carbons (Fsp3) is 0.969. The zero-order chi connectivity index (χ0) is 37.5. The van der Waals surface area contributed by atoms with Crippen LogP contribution in [-0.2, 0) is 28.7 Å². The van der Waals surface area contributed by atoms with Crippen LogP contribution in [0.5, 0.6) is 0 Å². The van der Waals surface area contributed by atoms with Crippen LogP contribution in [0, 0.1) is 83.1 Å². The molecule has 19 heteroatoms. The molecule has 1 amide bonds. The topological polar surface area (TPSA) is 225 Å². The highest BCUT2D eigenvalue weighted by molar-refractivity contribution is 7.94. The molecule has 3 unspecified atom stereocenters. The van der Waals surface area contributed by atoms with Gasteiger partial charge < -0.3 is 24.3 Å². The van der Waals surface area contributed by atoms with Crippen LogP contribution in [0.3, 0.4) is 0 Å². The molecule has 12 atom stereocenters. The second-order valence-electron chi connectivity index (χ2n) is 16.4. The molecule has 51 heavy (non-hydrogen) atoms. The number of fused-ring (bicyclic) bond motifs is 5. The third-order valence-corrected chi connectivity index (χ3v) is 13.6. The van der Waals surface area contributed by atoms with Crippen molar-refractivity contribution in [3.8, 4) is 0 Å². The van der Waals surface area contributed by atoms with Crippen LogP contribution >= 0.6 is 12.0 Å². The molecule has 18 nitrogen and oxygen atoms in total. The van der Waals surface area contributed by atoms with E-state index in [1.807, 2.05) is 0 Å². The Hall–Kier alpha value is -2.74. The van der Waals surface area contributed by atoms with E-state index in [9.17, 15) is 35.1 Å². The standard InChI is InChI=1S/C32H55N5O13S/c1-20(19-51-50-49-45)18-37(4,5)14-6-13-33-29(38)10-7-21(2)24-8-9-25-30(24)28(48-36(43)44)17-26-31(25)27(47-35(41)42)16-22-15-23(46-34(39)40)11-12-32(22,26)3/h20-28,30-31H,6-19H2,1-5H3,(H-,33,38,45)/p+1/t20?,21-,22+,23-,24-,25-,26+,27-,28?,30?,31+,32+/m1/s1. The van der Waals surface area contributed by atoms with Crippen molar-refractivity contribution in [2.24, 2.45) is 52.8 Å². The molecule has 0 bridgehead atoms. The molecule has 0 aliphatic heterocycles. The molecule has 0 aromatic carbocycles. The van der Waals surface area contributed by atoms with Gasteiger partial charge in [0.15, 0.2) is 0 Å². The smallest absolute Gasteiger partial charge is 0.294 e. The first-order valence-corrected chi connectivity index (χ1v) is 19.1. The minimum absolute atomic E-state index is 0.0345. The summed E-state index contributed by atoms with van der Waals surface area (Å²) < 4.78 is 5.23. The Morgan fingerprint density at radius 1 is 0.980 bits per heavy atom. The number of quaternary nitrogens is 1. The Kier molecular flexibility index (Phi) is 14.4. The lowest BCUT2D eigenvalue weighted by atomic mass is 9.45. The van der Waals surface area contributed by atoms with Gasteiger partial charge in [-0.15, -0.1) is 34.7 Å². The molecule has 0 radical (unpaired) electrons. The Morgan fingerprint density at radius 2 is 1.65 bits per heavy atom. The highest BCUT2D eigenvalue weighted by atomic mass is 32.2. The van der Waals surface area contributed by atoms with Gasteiger partial charge in [-0.3, -0.25) is 4.79 Å². The number of nitrogens with zero attached hydrogens (tertiary/aromatic N) is 4. The zero-order valence-corrected chi connectivity index (χ0v) is 31.1. The molecular weight excluding hydrogens is 694 g/mol. The van der Waals surface area contributed by atoms with Crippen LogP contribution in [-0.4, -0.2) is 88.7 Å². The van der Waals surface area contributed by atoms with Gasteiger partial charge in [0.2, 0.25) is 5.91 Å². The third-order valence-electron chi connectivity index (χ3n) is 12.7. The molecule has 2 N–H and O–H groups in total. The summed E-state index contributed by atoms with van der Waals surface area (Å²) in [7, 11) is 4.26. The lowest BCUT2D eigenvalue weighted by Gasteiger charge is -2.61. The first-order chi connectivity index (χ1) is 24.0. The van der Waals surface area contributed by atoms with E-state index in [-0.39, 0.29) is 52.7 Å². The highest BCUT2D eigenvalue weighted by Crippen LogP contribution is 2.65. The van der Waals surface area contributed by atoms with E-state index in [1.165, 1.54) is 0 Å². The lowest BCUT2D eigenvalue weighted by Crippen LogP contribution is -2.60. The van der Waals surface area contributed by atoms with Gasteiger partial charge in [-0.1, -0.05) is 25.8 Å². The molecule has 4 aliphatic carbocycles. The van der Waals surface area contributed by atoms with Gasteiger partial charge >= 0.3 is 0 Å². The minimum atomic E-state index is -0.792. The predicted molar refractivity (Wildman–Crippen MR) is 181 cm³/mol. The van der Waals surface area contributed by atoms with Crippen molar-refractivity contribution in [1.29, 1.82) is 0 Å². The van der Waals surface area contributed by atoms with Crippen molar-refractivity contribution in [3.63, 3.8) is 0 Å². The summed E-state index contributed by atoms with van der Waals surface area (Å²) in [6.07, 6.45) is 3.31. The molecule has 4 saturated carbocycles. The lowest BCUT2D eigenvalue weighted by molar-refractivity contribution is -0.893. The van der Waals surface area contributed by atoms with Crippen molar-refractivity contribution < 1.29 is 53.7 Å². The molecular formula is C32H56N5O13S+. The fourth-order valence-corrected chi connectivity index (χ4v) is 11.2. The number of hydrogen-bond acceptors (Lipinski definition) is 14. The van der Waals surface area contributed by atoms with E-state index in [1.54, 1.807) is 0 Å². The Morgan fingerprint density at radius 3 is 2.29 bits per heavy atom. The average Bonchev–Trinajstić information content (AvgIpc) is 3.48. The molecule has 4 fully saturated rings. The molecule has 4 rings (SSSR count). The number of rotatable bonds is 20. The molecule has 0 aromatic rings. The maximum atomic E-state index is 12.9. The Bertz CT molecular complexity index is 1220. The van der Waals surface area contributed by atoms with Gasteiger partial charge in [0.05, 0.1) is 27.2 Å². The summed E-state index contributed by atoms with van der Waals surface area (Å²) in [6.45, 7) is 8.58. The quantitative estimate of drug-likeness (QED) is 0.0421. The van der Waals surface area contributed by atoms with Crippen molar-refractivity contribution in [3.05, 3.63) is 30.3 Å². The van der Waals surface area contributed by atoms with Gasteiger partial charge in [0.25, 0.3) is 15.3 Å². The number of hydrogen-bond donors (Lipinski definition) is 2. The van der Waals surface area contributed by atoms with Gasteiger partial charge in [0, 0.05) is 43.1 Å². The van der Waals surface area contributed by atoms with E-state index in [2.05, 4.69) is 49.6 Å². The van der Waals surface area contributed by atoms with E-state index < -0.39 is 33.6 Å². The maximum absolute atomic E-state index is 12.9. The van der Waals surface area contributed by atoms with Crippen LogP contribution in [0.2, 0.25) is 0 Å². The van der Waals surface area contributed by atoms with Crippen LogP contribution < -0.4 is 5.32 Å². The van der Waals surface area contributed by atoms with Gasteiger partial charge in [-0.05, 0) is 98.2 Å². The van der Waals surface area contributed by atoms with E-state index in [0.29, 0.717) is 63.2 Å². The van der Waals surface area contributed by atoms with E-state index >= 15 is 0 Å². The molecule has 292 valence electrons. The van der Waals surface area contributed by atoms with Crippen LogP contribution in [0.25, 0.3) is 0 Å². The summed E-state index contributed by atoms with van der Waals surface area (Å²) in [5, 5.41) is 47.4. The van der Waals surface area contributed by atoms with Crippen molar-refractivity contribution in [2.45, 2.75) is 103 Å². The SMILES string of the molecule is CC(CSOOO)C[N+](C)(C)CCCNC(=O)CC[C@@H](C)[C@H]1CC[C@@H]2C1C(O[N+](=O)[O-])C[C@H]1[C@H]2[C@H](O[N+](=O)[O-])C[C@@H]2C[C@H](O[N+](=O)[O-])CC[C@@]21C. The maximum Gasteiger partial charge on any atom is 0.294 e. The Labute approximate surface area is 302 Å². The molecule has 0 heterocycles. The number of nitrogens with one attached hydrogen (secondary N) is 1. The van der Waals surface area contributed by atoms with Crippen LogP contribution in [0.15, 0.2) is 0 Å². The second-order valence-corrected chi connectivity index (χ2v) is 17.1. The molecule has 0 spiro atoms. The summed E-state index contributed by atoms with van der Waals surface area (Å²) in [5.74, 6) is 0.199. The first-order valence-electron chi connectivity index (χ1n) is 18.2. The summed E-state index contributed by atoms with van der Waals surface area (Å²) in [5.41, 5.74) is -0.362. The van der Waals surface area contributed by atoms with Crippen molar-refractivity contribution in [1.82, 2.24) is 5.32 Å². The monoisotopic (exact) mass is 750 g/mol. The second kappa shape index (κ2) is 17.9. The normalized spacial score (nSPS) is 34.2. The van der Waals surface area contributed by atoms with E-state index in [4.69, 9.17) is 19.8 Å². The average molecular weight is 751 g/mol. The number of amides is 1. The largest absolute Gasteiger partial charge is 0.356 e. The van der Waals surface area contributed by atoms with Crippen LogP contribution in [0.1, 0.15) is 85.0 Å².